The maximum absolute atomic E-state index is 12.1. The Morgan fingerprint density at radius 1 is 1.07 bits per heavy atom. The van der Waals surface area contributed by atoms with E-state index in [1.165, 1.54) is 30.7 Å². The number of rotatable bonds is 9. The van der Waals surface area contributed by atoms with E-state index in [1.54, 1.807) is 18.2 Å². The van der Waals surface area contributed by atoms with Gasteiger partial charge in [0.05, 0.1) is 4.92 Å². The topological polar surface area (TPSA) is 120 Å². The van der Waals surface area contributed by atoms with Gasteiger partial charge in [0.15, 0.2) is 18.5 Å². The molecule has 0 spiro atoms. The second kappa shape index (κ2) is 10.8. The average molecular weight is 415 g/mol. The Morgan fingerprint density at radius 3 is 2.37 bits per heavy atom. The van der Waals surface area contributed by atoms with Crippen molar-refractivity contribution in [2.45, 2.75) is 39.2 Å². The lowest BCUT2D eigenvalue weighted by Crippen LogP contribution is -2.48. The molecular weight excluding hydrogens is 390 g/mol. The van der Waals surface area contributed by atoms with Crippen molar-refractivity contribution in [2.75, 3.05) is 6.61 Å². The SMILES string of the molecule is CC[C@H](C)c1ccc(OCC(=O)NNC(=O)[C@@H](C)Oc2ccccc2[N+](=O)[O-])cc1. The van der Waals surface area contributed by atoms with Gasteiger partial charge in [-0.2, -0.15) is 0 Å². The summed E-state index contributed by atoms with van der Waals surface area (Å²) >= 11 is 0. The first-order valence-corrected chi connectivity index (χ1v) is 9.53. The molecule has 2 aromatic carbocycles. The molecule has 2 atom stereocenters. The van der Waals surface area contributed by atoms with Crippen LogP contribution >= 0.6 is 0 Å². The number of nitrogens with one attached hydrogen (secondary N) is 2. The molecule has 2 rings (SSSR count). The molecule has 0 aliphatic rings. The fourth-order valence-corrected chi connectivity index (χ4v) is 2.50. The Hall–Kier alpha value is -3.62. The lowest BCUT2D eigenvalue weighted by molar-refractivity contribution is -0.386. The number of ether oxygens (including phenoxy) is 2. The predicted molar refractivity (Wildman–Crippen MR) is 110 cm³/mol. The van der Waals surface area contributed by atoms with Gasteiger partial charge in [-0.1, -0.05) is 38.1 Å². The Bertz CT molecular complexity index is 885. The highest BCUT2D eigenvalue weighted by molar-refractivity contribution is 5.85. The fourth-order valence-electron chi connectivity index (χ4n) is 2.50. The molecule has 0 fully saturated rings. The standard InChI is InChI=1S/C21H25N3O6/c1-4-14(2)16-9-11-17(12-10-16)29-13-20(25)22-23-21(26)15(3)30-19-8-6-5-7-18(19)24(27)28/h5-12,14-15H,4,13H2,1-3H3,(H,22,25)(H,23,26)/t14-,15+/m0/s1. The third-order valence-corrected chi connectivity index (χ3v) is 4.49. The minimum atomic E-state index is -1.07. The minimum absolute atomic E-state index is 0.0411. The fraction of sp³-hybridized carbons (Fsp3) is 0.333. The van der Waals surface area contributed by atoms with Crippen LogP contribution in [0.15, 0.2) is 48.5 Å². The largest absolute Gasteiger partial charge is 0.484 e. The molecule has 0 saturated carbocycles. The molecular formula is C21H25N3O6. The summed E-state index contributed by atoms with van der Waals surface area (Å²) in [5.74, 6) is -0.289. The van der Waals surface area contributed by atoms with E-state index in [0.717, 1.165) is 6.42 Å². The van der Waals surface area contributed by atoms with Crippen molar-refractivity contribution in [1.82, 2.24) is 10.9 Å². The van der Waals surface area contributed by atoms with Crippen LogP contribution in [0.3, 0.4) is 0 Å². The minimum Gasteiger partial charge on any atom is -0.484 e. The monoisotopic (exact) mass is 415 g/mol. The van der Waals surface area contributed by atoms with Crippen LogP contribution in [0.4, 0.5) is 5.69 Å². The number of benzene rings is 2. The number of nitro benzene ring substituents is 1. The van der Waals surface area contributed by atoms with Gasteiger partial charge < -0.3 is 9.47 Å². The molecule has 9 heteroatoms. The van der Waals surface area contributed by atoms with E-state index in [2.05, 4.69) is 24.7 Å². The molecule has 9 nitrogen and oxygen atoms in total. The van der Waals surface area contributed by atoms with Crippen LogP contribution in [0, 0.1) is 10.1 Å². The smallest absolute Gasteiger partial charge is 0.310 e. The molecule has 160 valence electrons. The maximum atomic E-state index is 12.1. The summed E-state index contributed by atoms with van der Waals surface area (Å²) in [5.41, 5.74) is 5.36. The van der Waals surface area contributed by atoms with Gasteiger partial charge >= 0.3 is 5.69 Å². The summed E-state index contributed by atoms with van der Waals surface area (Å²) in [6.07, 6.45) is -0.0392. The Morgan fingerprint density at radius 2 is 1.73 bits per heavy atom. The van der Waals surface area contributed by atoms with Crippen molar-refractivity contribution in [3.05, 3.63) is 64.2 Å². The average Bonchev–Trinajstić information content (AvgIpc) is 2.75. The van der Waals surface area contributed by atoms with Crippen LogP contribution in [-0.4, -0.2) is 29.4 Å². The summed E-state index contributed by atoms with van der Waals surface area (Å²) in [5, 5.41) is 11.0. The van der Waals surface area contributed by atoms with Crippen LogP contribution < -0.4 is 20.3 Å². The highest BCUT2D eigenvalue weighted by Gasteiger charge is 2.21. The van der Waals surface area contributed by atoms with Gasteiger partial charge in [-0.25, -0.2) is 0 Å². The van der Waals surface area contributed by atoms with Gasteiger partial charge in [-0.05, 0) is 43.0 Å². The molecule has 2 aromatic rings. The number of amides is 2. The zero-order valence-corrected chi connectivity index (χ0v) is 17.1. The molecule has 0 heterocycles. The predicted octanol–water partition coefficient (Wildman–Crippen LogP) is 3.10. The van der Waals surface area contributed by atoms with Crippen molar-refractivity contribution in [3.63, 3.8) is 0 Å². The molecule has 2 N–H and O–H groups in total. The number of nitrogens with zero attached hydrogens (tertiary/aromatic N) is 1. The summed E-state index contributed by atoms with van der Waals surface area (Å²) in [7, 11) is 0. The normalized spacial score (nSPS) is 12.4. The lowest BCUT2D eigenvalue weighted by atomic mass is 9.99. The van der Waals surface area contributed by atoms with Gasteiger partial charge in [-0.3, -0.25) is 30.6 Å². The van der Waals surface area contributed by atoms with E-state index in [4.69, 9.17) is 9.47 Å². The first-order valence-electron chi connectivity index (χ1n) is 9.53. The lowest BCUT2D eigenvalue weighted by Gasteiger charge is -2.15. The van der Waals surface area contributed by atoms with Crippen LogP contribution in [0.2, 0.25) is 0 Å². The third-order valence-electron chi connectivity index (χ3n) is 4.49. The second-order valence-electron chi connectivity index (χ2n) is 6.69. The number of para-hydroxylation sites is 2. The van der Waals surface area contributed by atoms with Gasteiger partial charge in [0.1, 0.15) is 5.75 Å². The molecule has 0 radical (unpaired) electrons. The number of carbonyl (C=O) groups is 2. The molecule has 30 heavy (non-hydrogen) atoms. The van der Waals surface area contributed by atoms with Crippen molar-refractivity contribution in [1.29, 1.82) is 0 Å². The van der Waals surface area contributed by atoms with Gasteiger partial charge in [0, 0.05) is 6.07 Å². The van der Waals surface area contributed by atoms with Crippen molar-refractivity contribution >= 4 is 17.5 Å². The number of hydrogen-bond donors (Lipinski definition) is 2. The number of hydrazine groups is 1. The zero-order valence-electron chi connectivity index (χ0n) is 17.1. The first kappa shape index (κ1) is 22.7. The van der Waals surface area contributed by atoms with Gasteiger partial charge in [0.25, 0.3) is 11.8 Å². The number of hydrogen-bond acceptors (Lipinski definition) is 6. The summed E-state index contributed by atoms with van der Waals surface area (Å²) in [6.45, 7) is 5.36. The van der Waals surface area contributed by atoms with Crippen LogP contribution in [0.25, 0.3) is 0 Å². The molecule has 0 saturated heterocycles. The van der Waals surface area contributed by atoms with Gasteiger partial charge in [-0.15, -0.1) is 0 Å². The Balaban J connectivity index is 1.79. The van der Waals surface area contributed by atoms with Crippen molar-refractivity contribution in [2.24, 2.45) is 0 Å². The molecule has 0 aliphatic carbocycles. The van der Waals surface area contributed by atoms with E-state index in [1.807, 2.05) is 12.1 Å². The summed E-state index contributed by atoms with van der Waals surface area (Å²) in [4.78, 5) is 34.4. The Labute approximate surface area is 174 Å². The Kier molecular flexibility index (Phi) is 8.16. The second-order valence-corrected chi connectivity index (χ2v) is 6.69. The van der Waals surface area contributed by atoms with E-state index in [0.29, 0.717) is 11.7 Å². The molecule has 0 aliphatic heterocycles. The molecule has 0 bridgehead atoms. The molecule has 2 amide bonds. The van der Waals surface area contributed by atoms with E-state index in [9.17, 15) is 19.7 Å². The van der Waals surface area contributed by atoms with Crippen LogP contribution in [0.5, 0.6) is 11.5 Å². The highest BCUT2D eigenvalue weighted by atomic mass is 16.6. The van der Waals surface area contributed by atoms with E-state index >= 15 is 0 Å². The van der Waals surface area contributed by atoms with E-state index < -0.39 is 22.8 Å². The first-order chi connectivity index (χ1) is 14.3. The highest BCUT2D eigenvalue weighted by Crippen LogP contribution is 2.26. The number of carbonyl (C=O) groups excluding carboxylic acids is 2. The number of nitro groups is 1. The summed E-state index contributed by atoms with van der Waals surface area (Å²) in [6, 6.07) is 13.2. The molecule has 0 aromatic heterocycles. The third kappa shape index (κ3) is 6.47. The van der Waals surface area contributed by atoms with Crippen molar-refractivity contribution < 1.29 is 24.0 Å². The van der Waals surface area contributed by atoms with Crippen molar-refractivity contribution in [3.8, 4) is 11.5 Å². The zero-order chi connectivity index (χ0) is 22.1. The quantitative estimate of drug-likeness (QED) is 0.480. The van der Waals surface area contributed by atoms with Gasteiger partial charge in [0.2, 0.25) is 0 Å². The van der Waals surface area contributed by atoms with Crippen LogP contribution in [-0.2, 0) is 9.59 Å². The van der Waals surface area contributed by atoms with E-state index in [-0.39, 0.29) is 18.0 Å². The van der Waals surface area contributed by atoms with Crippen LogP contribution in [0.1, 0.15) is 38.7 Å². The molecule has 0 unspecified atom stereocenters. The maximum Gasteiger partial charge on any atom is 0.310 e. The summed E-state index contributed by atoms with van der Waals surface area (Å²) < 4.78 is 10.7.